The van der Waals surface area contributed by atoms with Gasteiger partial charge in [-0.05, 0) is 108 Å². The molecule has 0 radical (unpaired) electrons. The van der Waals surface area contributed by atoms with Gasteiger partial charge < -0.3 is 97.7 Å². The van der Waals surface area contributed by atoms with Gasteiger partial charge in [-0.25, -0.2) is 4.79 Å². The van der Waals surface area contributed by atoms with Gasteiger partial charge in [-0.15, -0.1) is 0 Å². The van der Waals surface area contributed by atoms with Crippen molar-refractivity contribution in [3.05, 3.63) is 41.5 Å². The molecule has 9 rings (SSSR count). The number of para-hydroxylation sites is 1. The van der Waals surface area contributed by atoms with E-state index in [9.17, 15) is 45.6 Å². The Morgan fingerprint density at radius 1 is 0.724 bits per heavy atom. The van der Waals surface area contributed by atoms with E-state index in [1.165, 1.54) is 24.8 Å². The van der Waals surface area contributed by atoms with E-state index >= 15 is 0 Å². The van der Waals surface area contributed by atoms with Gasteiger partial charge in [-0.3, -0.25) is 0 Å². The molecule has 3 saturated carbocycles. The van der Waals surface area contributed by atoms with Gasteiger partial charge in [0.2, 0.25) is 0 Å². The van der Waals surface area contributed by atoms with Crippen LogP contribution in [0.15, 0.2) is 35.9 Å². The Bertz CT molecular complexity index is 2160. The molecule has 21 nitrogen and oxygen atoms in total. The number of carbonyl (C=O) groups excluding carboxylic acids is 1. The first-order valence-electron chi connectivity index (χ1n) is 27.4. The molecule has 0 unspecified atom stereocenters. The first-order chi connectivity index (χ1) is 36.1. The van der Waals surface area contributed by atoms with Gasteiger partial charge in [0, 0.05) is 39.6 Å². The Morgan fingerprint density at radius 3 is 1.97 bits per heavy atom. The fourth-order valence-corrected chi connectivity index (χ4v) is 15.0. The van der Waals surface area contributed by atoms with E-state index < -0.39 is 146 Å². The SMILES string of the molecule is CO[C@H]1[C@@H](O)[C@H](O[C@@H]2[C@@H](OC)C[C@H](O[C@@H]3[C@@H](OC)C[C@H](O[C@H]4CC[C@@]5(C)C(=CC[C@@H]6[C@@H]5C[C@@H](OC(=O)c5ccccc5O)[C@]5(C)[C@@H]([C@H](C)O)CC[C@]65O)C4)O[C@@H]3C)O[C@@H]2C)O[C@H](C)[C@H]1O[C@H]1O[C@H](CO)[C@@H](O)[C@H](O)[C@H]1O. The molecule has 7 fully saturated rings. The van der Waals surface area contributed by atoms with Gasteiger partial charge in [0.15, 0.2) is 25.2 Å². The molecule has 4 saturated heterocycles. The Morgan fingerprint density at radius 2 is 1.34 bits per heavy atom. The number of allylic oxidation sites excluding steroid dienone is 1. The third-order valence-corrected chi connectivity index (χ3v) is 19.3. The average Bonchev–Trinajstić information content (AvgIpc) is 3.74. The summed E-state index contributed by atoms with van der Waals surface area (Å²) in [6.45, 7) is 10.7. The van der Waals surface area contributed by atoms with E-state index in [0.717, 1.165) is 12.8 Å². The molecule has 430 valence electrons. The van der Waals surface area contributed by atoms with E-state index in [0.29, 0.717) is 38.5 Å². The minimum atomic E-state index is -1.67. The van der Waals surface area contributed by atoms with Crippen LogP contribution in [0, 0.1) is 28.6 Å². The van der Waals surface area contributed by atoms with Crippen LogP contribution in [0.25, 0.3) is 0 Å². The molecule has 8 aliphatic rings. The monoisotopic (exact) mass is 1080 g/mol. The van der Waals surface area contributed by atoms with Gasteiger partial charge in [-0.1, -0.05) is 37.6 Å². The molecule has 76 heavy (non-hydrogen) atoms. The number of rotatable bonds is 15. The van der Waals surface area contributed by atoms with Gasteiger partial charge in [0.25, 0.3) is 0 Å². The number of ether oxygens (including phenoxy) is 12. The molecule has 4 aliphatic heterocycles. The molecule has 21 heteroatoms. The molecule has 0 amide bonds. The second-order valence-corrected chi connectivity index (χ2v) is 23.3. The van der Waals surface area contributed by atoms with E-state index in [1.54, 1.807) is 47.1 Å². The first-order valence-corrected chi connectivity index (χ1v) is 27.4. The van der Waals surface area contributed by atoms with Crippen molar-refractivity contribution >= 4 is 5.97 Å². The quantitative estimate of drug-likeness (QED) is 0.0924. The molecular weight excluding hydrogens is 997 g/mol. The topological polar surface area (TPSA) is 290 Å². The highest BCUT2D eigenvalue weighted by molar-refractivity contribution is 5.92. The molecule has 0 spiro atoms. The number of aliphatic hydroxyl groups is 7. The van der Waals surface area contributed by atoms with E-state index in [-0.39, 0.29) is 47.0 Å². The zero-order valence-electron chi connectivity index (χ0n) is 45.2. The van der Waals surface area contributed by atoms with Crippen LogP contribution in [0.1, 0.15) is 110 Å². The van der Waals surface area contributed by atoms with Crippen molar-refractivity contribution in [1.82, 2.24) is 0 Å². The van der Waals surface area contributed by atoms with Crippen LogP contribution in [-0.4, -0.2) is 209 Å². The van der Waals surface area contributed by atoms with Crippen molar-refractivity contribution in [2.75, 3.05) is 27.9 Å². The normalized spacial score (nSPS) is 48.9. The maximum Gasteiger partial charge on any atom is 0.342 e. The molecule has 1 aromatic carbocycles. The third kappa shape index (κ3) is 10.4. The summed E-state index contributed by atoms with van der Waals surface area (Å²) in [6, 6.07) is 6.31. The molecule has 4 heterocycles. The molecule has 8 N–H and O–H groups in total. The van der Waals surface area contributed by atoms with Gasteiger partial charge in [0.1, 0.15) is 72.4 Å². The largest absolute Gasteiger partial charge is 0.507 e. The van der Waals surface area contributed by atoms with Crippen molar-refractivity contribution < 1.29 is 102 Å². The standard InChI is InChI=1S/C55H84O21/c1-25(57)32-17-19-55(64)33-15-14-29-20-30(16-18-53(29,5)34(33)21-39(54(32,55)6)73-50(63)31-12-10-11-13-35(31)58)71-40-22-36(65-7)46(26(2)68-40)74-41-23-37(66-8)47(27(3)69-41)75-52-45(62)49(67-9)48(28(4)70-52)76-51-44(61)43(60)42(59)38(24-56)72-51/h10-14,25-28,30,32-34,36-49,51-52,56-62,64H,15-24H2,1-9H3/t25-,26+,27+,28+,30-,32+,33+,34-,36-,37-,38+,39+,40-,41-,42+,43-,44+,45+,46-,47-,48+,49-,51+,52-,53-,54-,55-/m0/s1. The summed E-state index contributed by atoms with van der Waals surface area (Å²) >= 11 is 0. The maximum atomic E-state index is 13.8. The number of aliphatic hydroxyl groups excluding tert-OH is 6. The number of hydrogen-bond acceptors (Lipinski definition) is 21. The highest BCUT2D eigenvalue weighted by Gasteiger charge is 2.71. The Balaban J connectivity index is 0.804. The minimum Gasteiger partial charge on any atom is -0.507 e. The van der Waals surface area contributed by atoms with Crippen LogP contribution in [-0.2, 0) is 56.8 Å². The second kappa shape index (κ2) is 23.2. The highest BCUT2D eigenvalue weighted by atomic mass is 16.8. The zero-order chi connectivity index (χ0) is 54.8. The molecule has 27 atom stereocenters. The Kier molecular flexibility index (Phi) is 17.7. The number of benzene rings is 1. The lowest BCUT2D eigenvalue weighted by Crippen LogP contribution is -2.67. The van der Waals surface area contributed by atoms with Crippen LogP contribution in [0.5, 0.6) is 5.75 Å². The van der Waals surface area contributed by atoms with Gasteiger partial charge in [0.05, 0.1) is 54.9 Å². The van der Waals surface area contributed by atoms with Crippen LogP contribution in [0.4, 0.5) is 0 Å². The summed E-state index contributed by atoms with van der Waals surface area (Å²) in [5, 5.41) is 87.0. The third-order valence-electron chi connectivity index (χ3n) is 19.3. The number of phenols is 1. The first kappa shape index (κ1) is 58.2. The second-order valence-electron chi connectivity index (χ2n) is 23.3. The number of fused-ring (bicyclic) bond motifs is 5. The lowest BCUT2D eigenvalue weighted by Gasteiger charge is -2.63. The van der Waals surface area contributed by atoms with Crippen LogP contribution in [0.2, 0.25) is 0 Å². The Hall–Kier alpha value is -2.49. The fraction of sp³-hybridized carbons (Fsp3) is 0.836. The van der Waals surface area contributed by atoms with E-state index in [2.05, 4.69) is 13.0 Å². The van der Waals surface area contributed by atoms with Crippen molar-refractivity contribution in [2.24, 2.45) is 28.6 Å². The van der Waals surface area contributed by atoms with E-state index in [1.807, 2.05) is 13.8 Å². The fourth-order valence-electron chi connectivity index (χ4n) is 15.0. The van der Waals surface area contributed by atoms with Crippen molar-refractivity contribution in [2.45, 2.75) is 234 Å². The lowest BCUT2D eigenvalue weighted by atomic mass is 9.44. The Labute approximate surface area is 444 Å². The van der Waals surface area contributed by atoms with Crippen LogP contribution < -0.4 is 0 Å². The van der Waals surface area contributed by atoms with Crippen LogP contribution in [0.3, 0.4) is 0 Å². The zero-order valence-corrected chi connectivity index (χ0v) is 45.2. The molecule has 0 aromatic heterocycles. The summed E-state index contributed by atoms with van der Waals surface area (Å²) in [5.74, 6) is -1.24. The van der Waals surface area contributed by atoms with Gasteiger partial charge in [-0.2, -0.15) is 0 Å². The number of esters is 1. The molecule has 1 aromatic rings. The highest BCUT2D eigenvalue weighted by Crippen LogP contribution is 2.69. The summed E-state index contributed by atoms with van der Waals surface area (Å²) in [6.07, 6.45) is -12.1. The predicted octanol–water partition coefficient (Wildman–Crippen LogP) is 2.36. The van der Waals surface area contributed by atoms with E-state index in [4.69, 9.17) is 56.8 Å². The molecular formula is C55H84O21. The van der Waals surface area contributed by atoms with Crippen molar-refractivity contribution in [3.8, 4) is 5.75 Å². The molecule has 4 aliphatic carbocycles. The average molecular weight is 1080 g/mol. The maximum absolute atomic E-state index is 13.8. The summed E-state index contributed by atoms with van der Waals surface area (Å²) in [7, 11) is 4.55. The van der Waals surface area contributed by atoms with Crippen molar-refractivity contribution in [3.63, 3.8) is 0 Å². The van der Waals surface area contributed by atoms with Crippen molar-refractivity contribution in [1.29, 1.82) is 0 Å². The number of methoxy groups -OCH3 is 3. The number of carbonyl (C=O) groups is 1. The number of aromatic hydroxyl groups is 1. The predicted molar refractivity (Wildman–Crippen MR) is 265 cm³/mol. The van der Waals surface area contributed by atoms with Crippen LogP contribution >= 0.6 is 0 Å². The smallest absolute Gasteiger partial charge is 0.342 e. The number of hydrogen-bond donors (Lipinski definition) is 8. The summed E-state index contributed by atoms with van der Waals surface area (Å²) < 4.78 is 74.5. The summed E-state index contributed by atoms with van der Waals surface area (Å²) in [4.78, 5) is 13.8. The number of phenolic OH excluding ortho intramolecular Hbond substituents is 1. The summed E-state index contributed by atoms with van der Waals surface area (Å²) in [5.41, 5.74) is -1.11. The molecule has 0 bridgehead atoms. The van der Waals surface area contributed by atoms with Gasteiger partial charge >= 0.3 is 5.97 Å². The minimum absolute atomic E-state index is 0.0185. The lowest BCUT2D eigenvalue weighted by molar-refractivity contribution is -0.373.